The first-order chi connectivity index (χ1) is 15.7. The Balaban J connectivity index is 1.24. The highest BCUT2D eigenvalue weighted by Gasteiger charge is 2.30. The first kappa shape index (κ1) is 19.9. The van der Waals surface area contributed by atoms with E-state index in [1.165, 1.54) is 0 Å². The zero-order chi connectivity index (χ0) is 21.9. The summed E-state index contributed by atoms with van der Waals surface area (Å²) in [5.41, 5.74) is 1.56. The monoisotopic (exact) mass is 434 g/mol. The van der Waals surface area contributed by atoms with Gasteiger partial charge in [0, 0.05) is 38.1 Å². The molecule has 1 saturated heterocycles. The second-order valence-corrected chi connectivity index (χ2v) is 7.47. The second kappa shape index (κ2) is 8.62. The number of cyclic esters (lactones) is 1. The molecule has 3 aliphatic rings. The van der Waals surface area contributed by atoms with Gasteiger partial charge in [0.1, 0.15) is 13.2 Å². The van der Waals surface area contributed by atoms with E-state index in [9.17, 15) is 9.59 Å². The van der Waals surface area contributed by atoms with Crippen LogP contribution >= 0.6 is 0 Å². The van der Waals surface area contributed by atoms with E-state index in [0.717, 1.165) is 5.69 Å². The molecule has 0 radical (unpaired) electrons. The number of nitrogens with zero attached hydrogens (tertiary/aromatic N) is 3. The molecule has 0 bridgehead atoms. The van der Waals surface area contributed by atoms with Crippen molar-refractivity contribution in [2.75, 3.05) is 44.7 Å². The molecule has 9 nitrogen and oxygen atoms in total. The maximum atomic E-state index is 12.5. The van der Waals surface area contributed by atoms with E-state index in [4.69, 9.17) is 14.2 Å². The van der Waals surface area contributed by atoms with Crippen LogP contribution in [0.2, 0.25) is 0 Å². The zero-order valence-electron chi connectivity index (χ0n) is 17.3. The Hall–Kier alpha value is -4.01. The van der Waals surface area contributed by atoms with Gasteiger partial charge in [0.2, 0.25) is 5.90 Å². The molecule has 0 atom stereocenters. The first-order valence-corrected chi connectivity index (χ1v) is 10.4. The largest absolute Gasteiger partial charge is 0.486 e. The highest BCUT2D eigenvalue weighted by atomic mass is 16.6. The van der Waals surface area contributed by atoms with Gasteiger partial charge >= 0.3 is 12.0 Å². The predicted molar refractivity (Wildman–Crippen MR) is 117 cm³/mol. The Bertz CT molecular complexity index is 1090. The number of amides is 2. The number of piperazine rings is 1. The van der Waals surface area contributed by atoms with E-state index in [1.54, 1.807) is 29.3 Å². The number of nitrogens with one attached hydrogen (secondary N) is 1. The van der Waals surface area contributed by atoms with Crippen LogP contribution in [0.3, 0.4) is 0 Å². The lowest BCUT2D eigenvalue weighted by Crippen LogP contribution is -2.48. The summed E-state index contributed by atoms with van der Waals surface area (Å²) in [6, 6.07) is 14.6. The molecule has 9 heteroatoms. The second-order valence-electron chi connectivity index (χ2n) is 7.47. The number of hydrogen-bond acceptors (Lipinski definition) is 7. The molecule has 164 valence electrons. The van der Waals surface area contributed by atoms with E-state index < -0.39 is 5.97 Å². The number of esters is 1. The molecule has 3 heterocycles. The normalized spacial score (nSPS) is 18.9. The fourth-order valence-corrected chi connectivity index (χ4v) is 3.71. The van der Waals surface area contributed by atoms with Crippen molar-refractivity contribution in [1.29, 1.82) is 0 Å². The molecule has 5 rings (SSSR count). The Kier molecular flexibility index (Phi) is 5.37. The number of aliphatic imine (C=N–C) groups is 1. The average molecular weight is 434 g/mol. The predicted octanol–water partition coefficient (Wildman–Crippen LogP) is 2.45. The molecule has 0 saturated carbocycles. The third-order valence-electron chi connectivity index (χ3n) is 5.35. The molecule has 32 heavy (non-hydrogen) atoms. The Morgan fingerprint density at radius 2 is 1.75 bits per heavy atom. The van der Waals surface area contributed by atoms with Crippen LogP contribution < -0.4 is 14.8 Å². The smallest absolute Gasteiger partial charge is 0.365 e. The maximum Gasteiger partial charge on any atom is 0.365 e. The molecular weight excluding hydrogens is 412 g/mol. The summed E-state index contributed by atoms with van der Waals surface area (Å²) in [5, 5.41) is 2.89. The number of fused-ring (bicyclic) bond motifs is 1. The first-order valence-electron chi connectivity index (χ1n) is 10.4. The molecular formula is C23H22N4O5. The number of carbonyl (C=O) groups is 2. The van der Waals surface area contributed by atoms with Gasteiger partial charge in [-0.2, -0.15) is 0 Å². The van der Waals surface area contributed by atoms with Crippen LogP contribution in [0.25, 0.3) is 0 Å². The number of ether oxygens (including phenoxy) is 3. The minimum atomic E-state index is -0.515. The van der Waals surface area contributed by atoms with Gasteiger partial charge in [-0.05, 0) is 24.3 Å². The minimum absolute atomic E-state index is 0.139. The van der Waals surface area contributed by atoms with Crippen LogP contribution in [-0.4, -0.2) is 67.1 Å². The Labute approximate surface area is 184 Å². The summed E-state index contributed by atoms with van der Waals surface area (Å²) >= 11 is 0. The van der Waals surface area contributed by atoms with Crippen LogP contribution in [0.1, 0.15) is 5.56 Å². The molecule has 1 N–H and O–H groups in total. The highest BCUT2D eigenvalue weighted by molar-refractivity contribution is 6.12. The third kappa shape index (κ3) is 4.09. The summed E-state index contributed by atoms with van der Waals surface area (Å²) in [6.45, 7) is 3.14. The Morgan fingerprint density at radius 1 is 0.969 bits per heavy atom. The van der Waals surface area contributed by atoms with Crippen molar-refractivity contribution in [1.82, 2.24) is 9.80 Å². The van der Waals surface area contributed by atoms with Crippen LogP contribution in [0.4, 0.5) is 10.5 Å². The summed E-state index contributed by atoms with van der Waals surface area (Å²) < 4.78 is 16.7. The van der Waals surface area contributed by atoms with E-state index in [0.29, 0.717) is 56.5 Å². The van der Waals surface area contributed by atoms with Crippen molar-refractivity contribution in [3.8, 4) is 11.5 Å². The van der Waals surface area contributed by atoms with Crippen LogP contribution in [0, 0.1) is 0 Å². The van der Waals surface area contributed by atoms with Gasteiger partial charge in [-0.15, -0.1) is 0 Å². The van der Waals surface area contributed by atoms with Gasteiger partial charge in [0.05, 0.1) is 5.56 Å². The summed E-state index contributed by atoms with van der Waals surface area (Å²) in [6.07, 6.45) is 1.69. The van der Waals surface area contributed by atoms with Gasteiger partial charge < -0.3 is 29.3 Å². The fraction of sp³-hybridized carbons (Fsp3) is 0.261. The number of carbonyl (C=O) groups excluding carboxylic acids is 2. The number of hydrogen-bond donors (Lipinski definition) is 1. The van der Waals surface area contributed by atoms with Crippen LogP contribution in [0.15, 0.2) is 65.4 Å². The number of anilines is 1. The molecule has 2 amide bonds. The standard InChI is InChI=1S/C23H22N4O5/c28-22-18(25-21(32-22)17-7-4-8-19-20(17)31-14-13-30-19)15-26-9-11-27(12-10-26)23(29)24-16-5-2-1-3-6-16/h1-8,15H,9-14H2,(H,24,29)/b18-15+. The lowest BCUT2D eigenvalue weighted by Gasteiger charge is -2.34. The van der Waals surface area contributed by atoms with Crippen LogP contribution in [-0.2, 0) is 9.53 Å². The Morgan fingerprint density at radius 3 is 2.56 bits per heavy atom. The van der Waals surface area contributed by atoms with Crippen molar-refractivity contribution < 1.29 is 23.8 Å². The van der Waals surface area contributed by atoms with Crippen molar-refractivity contribution in [3.63, 3.8) is 0 Å². The molecule has 3 aliphatic heterocycles. The van der Waals surface area contributed by atoms with Crippen molar-refractivity contribution in [3.05, 3.63) is 66.0 Å². The zero-order valence-corrected chi connectivity index (χ0v) is 17.3. The fourth-order valence-electron chi connectivity index (χ4n) is 3.71. The van der Waals surface area contributed by atoms with Crippen molar-refractivity contribution >= 4 is 23.6 Å². The summed E-state index contributed by atoms with van der Waals surface area (Å²) in [7, 11) is 0. The molecule has 2 aromatic rings. The lowest BCUT2D eigenvalue weighted by molar-refractivity contribution is -0.130. The topological polar surface area (TPSA) is 92.7 Å². The van der Waals surface area contributed by atoms with E-state index >= 15 is 0 Å². The number of urea groups is 1. The molecule has 0 unspecified atom stereocenters. The van der Waals surface area contributed by atoms with Gasteiger partial charge in [0.25, 0.3) is 0 Å². The third-order valence-corrected chi connectivity index (χ3v) is 5.35. The van der Waals surface area contributed by atoms with E-state index in [2.05, 4.69) is 10.3 Å². The molecule has 1 fully saturated rings. The summed E-state index contributed by atoms with van der Waals surface area (Å²) in [5.74, 6) is 0.822. The highest BCUT2D eigenvalue weighted by Crippen LogP contribution is 2.35. The maximum absolute atomic E-state index is 12.5. The SMILES string of the molecule is O=C1OC(c2cccc3c2OCCO3)=N/C1=C/N1CCN(C(=O)Nc2ccccc2)CC1. The van der Waals surface area contributed by atoms with E-state index in [-0.39, 0.29) is 17.6 Å². The van der Waals surface area contributed by atoms with Gasteiger partial charge in [-0.25, -0.2) is 14.6 Å². The molecule has 0 aromatic heterocycles. The van der Waals surface area contributed by atoms with Crippen molar-refractivity contribution in [2.24, 2.45) is 4.99 Å². The van der Waals surface area contributed by atoms with E-state index in [1.807, 2.05) is 35.2 Å². The van der Waals surface area contributed by atoms with Crippen molar-refractivity contribution in [2.45, 2.75) is 0 Å². The quantitative estimate of drug-likeness (QED) is 0.589. The number of benzene rings is 2. The summed E-state index contributed by atoms with van der Waals surface area (Å²) in [4.78, 5) is 33.0. The van der Waals surface area contributed by atoms with Gasteiger partial charge in [0.15, 0.2) is 17.2 Å². The van der Waals surface area contributed by atoms with Gasteiger partial charge in [-0.1, -0.05) is 24.3 Å². The van der Waals surface area contributed by atoms with Gasteiger partial charge in [-0.3, -0.25) is 0 Å². The number of rotatable bonds is 3. The lowest BCUT2D eigenvalue weighted by atomic mass is 10.1. The number of para-hydroxylation sites is 2. The molecule has 2 aromatic carbocycles. The molecule has 0 spiro atoms. The van der Waals surface area contributed by atoms with Crippen LogP contribution in [0.5, 0.6) is 11.5 Å². The molecule has 0 aliphatic carbocycles. The minimum Gasteiger partial charge on any atom is -0.486 e. The average Bonchev–Trinajstić information content (AvgIpc) is 3.19.